The molecule has 2 nitrogen and oxygen atoms in total. The van der Waals surface area contributed by atoms with E-state index in [1.54, 1.807) is 0 Å². The zero-order chi connectivity index (χ0) is 19.5. The maximum absolute atomic E-state index is 12.5. The Morgan fingerprint density at radius 1 is 0.889 bits per heavy atom. The summed E-state index contributed by atoms with van der Waals surface area (Å²) in [5.74, 6) is 0.673. The highest BCUT2D eigenvalue weighted by molar-refractivity contribution is 5.79. The molecule has 5 heteroatoms. The Morgan fingerprint density at radius 3 is 2.19 bits per heavy atom. The highest BCUT2D eigenvalue weighted by Gasteiger charge is 2.29. The first-order valence-electron chi connectivity index (χ1n) is 9.38. The molecular weight excluding hydrogens is 351 g/mol. The van der Waals surface area contributed by atoms with Crippen molar-refractivity contribution in [2.24, 2.45) is 4.99 Å². The van der Waals surface area contributed by atoms with E-state index in [0.717, 1.165) is 30.7 Å². The van der Waals surface area contributed by atoms with Crippen LogP contribution in [0.3, 0.4) is 0 Å². The fourth-order valence-electron chi connectivity index (χ4n) is 2.58. The van der Waals surface area contributed by atoms with Crippen molar-refractivity contribution in [2.75, 3.05) is 6.54 Å². The van der Waals surface area contributed by atoms with Crippen LogP contribution in [0, 0.1) is 0 Å². The van der Waals surface area contributed by atoms with Gasteiger partial charge in [-0.3, -0.25) is 4.99 Å². The lowest BCUT2D eigenvalue weighted by molar-refractivity contribution is -0.137. The van der Waals surface area contributed by atoms with Crippen molar-refractivity contribution < 1.29 is 17.9 Å². The van der Waals surface area contributed by atoms with Gasteiger partial charge in [0.05, 0.1) is 5.56 Å². The molecule has 27 heavy (non-hydrogen) atoms. The largest absolute Gasteiger partial charge is 0.489 e. The number of benzene rings is 2. The van der Waals surface area contributed by atoms with Crippen LogP contribution in [0.1, 0.15) is 55.7 Å². The summed E-state index contributed by atoms with van der Waals surface area (Å²) in [6.45, 7) is 3.27. The predicted molar refractivity (Wildman–Crippen MR) is 103 cm³/mol. The van der Waals surface area contributed by atoms with Gasteiger partial charge in [0.15, 0.2) is 0 Å². The van der Waals surface area contributed by atoms with Crippen molar-refractivity contribution in [3.05, 3.63) is 65.2 Å². The van der Waals surface area contributed by atoms with E-state index >= 15 is 0 Å². The number of rotatable bonds is 10. The van der Waals surface area contributed by atoms with Crippen LogP contribution in [0.2, 0.25) is 0 Å². The molecule has 0 unspecified atom stereocenters. The number of hydrogen-bond acceptors (Lipinski definition) is 2. The van der Waals surface area contributed by atoms with Gasteiger partial charge >= 0.3 is 6.18 Å². The minimum absolute atomic E-state index is 0.226. The van der Waals surface area contributed by atoms with Crippen LogP contribution in [0.25, 0.3) is 0 Å². The van der Waals surface area contributed by atoms with E-state index in [1.165, 1.54) is 37.8 Å². The summed E-state index contributed by atoms with van der Waals surface area (Å²) in [6.07, 6.45) is 3.70. The van der Waals surface area contributed by atoms with Crippen LogP contribution in [0.15, 0.2) is 53.5 Å². The number of unbranched alkanes of at least 4 members (excludes halogenated alkanes) is 4. The quantitative estimate of drug-likeness (QED) is 0.334. The monoisotopic (exact) mass is 377 g/mol. The summed E-state index contributed by atoms with van der Waals surface area (Å²) >= 11 is 0. The molecule has 0 atom stereocenters. The lowest BCUT2D eigenvalue weighted by Gasteiger charge is -2.09. The summed E-state index contributed by atoms with van der Waals surface area (Å²) in [7, 11) is 0. The molecule has 0 saturated carbocycles. The zero-order valence-electron chi connectivity index (χ0n) is 15.6. The summed E-state index contributed by atoms with van der Waals surface area (Å²) in [5, 5.41) is 0. The normalized spacial score (nSPS) is 11.9. The molecule has 146 valence electrons. The van der Waals surface area contributed by atoms with Crippen LogP contribution >= 0.6 is 0 Å². The first-order chi connectivity index (χ1) is 13.0. The smallest absolute Gasteiger partial charge is 0.416 e. The van der Waals surface area contributed by atoms with Gasteiger partial charge in [0, 0.05) is 12.8 Å². The highest BCUT2D eigenvalue weighted by Crippen LogP contribution is 2.29. The molecule has 2 aromatic rings. The van der Waals surface area contributed by atoms with Gasteiger partial charge in [-0.2, -0.15) is 13.2 Å². The van der Waals surface area contributed by atoms with Crippen LogP contribution < -0.4 is 4.74 Å². The van der Waals surface area contributed by atoms with Gasteiger partial charge in [-0.1, -0.05) is 44.7 Å². The maximum Gasteiger partial charge on any atom is 0.416 e. The van der Waals surface area contributed by atoms with E-state index < -0.39 is 11.7 Å². The van der Waals surface area contributed by atoms with Crippen molar-refractivity contribution in [1.29, 1.82) is 0 Å². The van der Waals surface area contributed by atoms with Crippen molar-refractivity contribution in [3.63, 3.8) is 0 Å². The maximum atomic E-state index is 12.5. The van der Waals surface area contributed by atoms with E-state index in [1.807, 2.05) is 30.5 Å². The average molecular weight is 377 g/mol. The average Bonchev–Trinajstić information content (AvgIpc) is 2.66. The molecular formula is C22H26F3NO. The molecule has 0 bridgehead atoms. The Morgan fingerprint density at radius 2 is 1.56 bits per heavy atom. The van der Waals surface area contributed by atoms with Gasteiger partial charge in [0.2, 0.25) is 0 Å². The number of ether oxygens (including phenoxy) is 1. The molecule has 0 fully saturated rings. The van der Waals surface area contributed by atoms with Crippen LogP contribution in [-0.4, -0.2) is 12.8 Å². The number of aliphatic imine (C=N–C) groups is 1. The van der Waals surface area contributed by atoms with Gasteiger partial charge < -0.3 is 4.74 Å². The fourth-order valence-corrected chi connectivity index (χ4v) is 2.58. The third kappa shape index (κ3) is 7.85. The lowest BCUT2D eigenvalue weighted by atomic mass is 10.1. The second kappa shape index (κ2) is 10.8. The van der Waals surface area contributed by atoms with E-state index in [2.05, 4.69) is 11.9 Å². The van der Waals surface area contributed by atoms with Crippen molar-refractivity contribution in [1.82, 2.24) is 0 Å². The van der Waals surface area contributed by atoms with E-state index in [4.69, 9.17) is 4.74 Å². The van der Waals surface area contributed by atoms with E-state index in [-0.39, 0.29) is 6.61 Å². The van der Waals surface area contributed by atoms with Crippen molar-refractivity contribution in [2.45, 2.75) is 51.8 Å². The standard InChI is InChI=1S/C22H26F3NO/c1-2-3-4-5-6-15-26-16-18-9-13-21(14-10-18)27-17-19-7-11-20(12-8-19)22(23,24)25/h7-14,16H,2-6,15,17H2,1H3/b26-16+. The zero-order valence-corrected chi connectivity index (χ0v) is 15.6. The lowest BCUT2D eigenvalue weighted by Crippen LogP contribution is -2.05. The molecule has 2 rings (SSSR count). The first-order valence-corrected chi connectivity index (χ1v) is 9.38. The van der Waals surface area contributed by atoms with E-state index in [9.17, 15) is 13.2 Å². The van der Waals surface area contributed by atoms with Crippen LogP contribution in [-0.2, 0) is 12.8 Å². The van der Waals surface area contributed by atoms with Crippen molar-refractivity contribution in [3.8, 4) is 5.75 Å². The topological polar surface area (TPSA) is 21.6 Å². The van der Waals surface area contributed by atoms with E-state index in [0.29, 0.717) is 11.3 Å². The molecule has 0 spiro atoms. The Bertz CT molecular complexity index is 691. The minimum Gasteiger partial charge on any atom is -0.489 e. The van der Waals surface area contributed by atoms with Gasteiger partial charge in [-0.05, 0) is 53.9 Å². The second-order valence-corrected chi connectivity index (χ2v) is 6.50. The molecule has 0 aliphatic heterocycles. The Labute approximate surface area is 159 Å². The number of hydrogen-bond donors (Lipinski definition) is 0. The van der Waals surface area contributed by atoms with Gasteiger partial charge in [-0.25, -0.2) is 0 Å². The highest BCUT2D eigenvalue weighted by atomic mass is 19.4. The van der Waals surface area contributed by atoms with Gasteiger partial charge in [-0.15, -0.1) is 0 Å². The Hall–Kier alpha value is -2.30. The molecule has 0 saturated heterocycles. The van der Waals surface area contributed by atoms with Crippen LogP contribution in [0.4, 0.5) is 13.2 Å². The predicted octanol–water partition coefficient (Wildman–Crippen LogP) is 6.67. The summed E-state index contributed by atoms with van der Waals surface area (Å²) < 4.78 is 43.3. The first kappa shape index (κ1) is 21.0. The molecule has 2 aromatic carbocycles. The Kier molecular flexibility index (Phi) is 8.37. The summed E-state index contributed by atoms with van der Waals surface area (Å²) in [5.41, 5.74) is 1.04. The molecule has 0 radical (unpaired) electrons. The summed E-state index contributed by atoms with van der Waals surface area (Å²) in [4.78, 5) is 4.43. The fraction of sp³-hybridized carbons (Fsp3) is 0.409. The number of halogens is 3. The number of alkyl halides is 3. The second-order valence-electron chi connectivity index (χ2n) is 6.50. The number of nitrogens with zero attached hydrogens (tertiary/aromatic N) is 1. The Balaban J connectivity index is 1.75. The van der Waals surface area contributed by atoms with Gasteiger partial charge in [0.25, 0.3) is 0 Å². The molecule has 0 aliphatic rings. The van der Waals surface area contributed by atoms with Crippen molar-refractivity contribution >= 4 is 6.21 Å². The molecule has 0 N–H and O–H groups in total. The third-order valence-corrected chi connectivity index (χ3v) is 4.20. The minimum atomic E-state index is -4.31. The third-order valence-electron chi connectivity index (χ3n) is 4.20. The van der Waals surface area contributed by atoms with Gasteiger partial charge in [0.1, 0.15) is 12.4 Å². The summed E-state index contributed by atoms with van der Waals surface area (Å²) in [6, 6.07) is 12.5. The molecule has 0 aromatic heterocycles. The molecule has 0 aliphatic carbocycles. The molecule has 0 heterocycles. The molecule has 0 amide bonds. The SMILES string of the molecule is CCCCCCC/N=C/c1ccc(OCc2ccc(C(F)(F)F)cc2)cc1. The van der Waals surface area contributed by atoms with Crippen LogP contribution in [0.5, 0.6) is 5.75 Å².